The number of amides is 1. The van der Waals surface area contributed by atoms with Gasteiger partial charge in [-0.25, -0.2) is 0 Å². The predicted octanol–water partition coefficient (Wildman–Crippen LogP) is 3.79. The molecular formula is C20H16N3O2-. The van der Waals surface area contributed by atoms with Crippen molar-refractivity contribution in [2.24, 2.45) is 0 Å². The molecule has 5 heteroatoms. The molecule has 0 saturated carbocycles. The number of nitrogens with zero attached hydrogens (tertiary/aromatic N) is 2. The van der Waals surface area contributed by atoms with Crippen molar-refractivity contribution in [3.8, 4) is 0 Å². The first-order chi connectivity index (χ1) is 12.1. The van der Waals surface area contributed by atoms with Crippen LogP contribution in [0, 0.1) is 5.41 Å². The van der Waals surface area contributed by atoms with Gasteiger partial charge in [0.25, 0.3) is 5.91 Å². The molecule has 2 aromatic carbocycles. The highest BCUT2D eigenvalue weighted by Gasteiger charge is 2.41. The van der Waals surface area contributed by atoms with Crippen LogP contribution in [0.15, 0.2) is 77.6 Å². The minimum Gasteiger partial charge on any atom is -0.763 e. The topological polar surface area (TPSA) is 86.7 Å². The van der Waals surface area contributed by atoms with Gasteiger partial charge in [-0.2, -0.15) is 0 Å². The van der Waals surface area contributed by atoms with Crippen molar-refractivity contribution < 1.29 is 9.90 Å². The van der Waals surface area contributed by atoms with Crippen LogP contribution in [0.25, 0.3) is 5.41 Å². The first-order valence-corrected chi connectivity index (χ1v) is 7.76. The average Bonchev–Trinajstić information content (AvgIpc) is 2.62. The van der Waals surface area contributed by atoms with Gasteiger partial charge < -0.3 is 10.5 Å². The fraction of sp³-hybridized carbons (Fsp3) is 0.100. The number of allylic oxidation sites excluding steroid dienone is 1. The van der Waals surface area contributed by atoms with Crippen molar-refractivity contribution in [3.63, 3.8) is 0 Å². The number of aliphatic hydroxyl groups is 1. The number of aliphatic hydroxyl groups excluding tert-OH is 1. The van der Waals surface area contributed by atoms with E-state index in [1.807, 2.05) is 6.07 Å². The molecule has 1 saturated heterocycles. The summed E-state index contributed by atoms with van der Waals surface area (Å²) in [7, 11) is 0. The van der Waals surface area contributed by atoms with Gasteiger partial charge in [-0.1, -0.05) is 48.5 Å². The van der Waals surface area contributed by atoms with Crippen LogP contribution in [0.2, 0.25) is 0 Å². The van der Waals surface area contributed by atoms with Crippen LogP contribution in [-0.4, -0.2) is 22.7 Å². The Bertz CT molecular complexity index is 906. The van der Waals surface area contributed by atoms with Crippen LogP contribution in [0.3, 0.4) is 0 Å². The lowest BCUT2D eigenvalue weighted by Crippen LogP contribution is -2.46. The number of carbonyl (C=O) groups is 1. The first kappa shape index (κ1) is 16.4. The number of carbonyl (C=O) groups excluding carboxylic acids is 1. The molecule has 1 fully saturated rings. The number of nitrogens with one attached hydrogen (secondary N) is 1. The molecule has 1 aliphatic heterocycles. The molecule has 0 aromatic heterocycles. The minimum atomic E-state index is -0.754. The van der Waals surface area contributed by atoms with E-state index < -0.39 is 11.8 Å². The summed E-state index contributed by atoms with van der Waals surface area (Å²) in [6.07, 6.45) is 0. The number of para-hydroxylation sites is 1. The number of amidine groups is 1. The monoisotopic (exact) mass is 330 g/mol. The summed E-state index contributed by atoms with van der Waals surface area (Å²) >= 11 is 0. The smallest absolute Gasteiger partial charge is 0.264 e. The Balaban J connectivity index is 2.22. The summed E-state index contributed by atoms with van der Waals surface area (Å²) in [5.74, 6) is 0.489. The third-order valence-electron chi connectivity index (χ3n) is 4.15. The quantitative estimate of drug-likeness (QED) is 0.498. The standard InChI is InChI=1S/C20H16N3O2/c1-13(24)17-18(14-8-4-2-5-9-14)16(12-21)19(22)23(20(17)25)15-10-6-3-7-11-15/h2-11,18,22,24H,1H3/q-1/b17-13+,22-19?. The number of hydrogen-bond acceptors (Lipinski definition) is 3. The summed E-state index contributed by atoms with van der Waals surface area (Å²) in [6.45, 7) is 1.43. The van der Waals surface area contributed by atoms with Gasteiger partial charge in [0.05, 0.1) is 22.9 Å². The second-order valence-electron chi connectivity index (χ2n) is 5.69. The number of benzene rings is 2. The Morgan fingerprint density at radius 3 is 2.20 bits per heavy atom. The maximum absolute atomic E-state index is 13.1. The van der Waals surface area contributed by atoms with E-state index in [1.165, 1.54) is 6.92 Å². The number of hydrogen-bond donors (Lipinski definition) is 2. The molecule has 1 aliphatic rings. The van der Waals surface area contributed by atoms with Crippen molar-refractivity contribution in [2.75, 3.05) is 4.90 Å². The minimum absolute atomic E-state index is 0.114. The van der Waals surface area contributed by atoms with E-state index in [-0.39, 0.29) is 22.7 Å². The third kappa shape index (κ3) is 2.77. The van der Waals surface area contributed by atoms with Gasteiger partial charge in [0.1, 0.15) is 5.84 Å². The molecule has 25 heavy (non-hydrogen) atoms. The number of rotatable bonds is 2. The summed E-state index contributed by atoms with van der Waals surface area (Å²) in [5.41, 5.74) is 1.41. The van der Waals surface area contributed by atoms with Crippen molar-refractivity contribution in [1.29, 1.82) is 5.41 Å². The lowest BCUT2D eigenvalue weighted by Gasteiger charge is -2.36. The van der Waals surface area contributed by atoms with Crippen molar-refractivity contribution in [2.45, 2.75) is 12.8 Å². The largest absolute Gasteiger partial charge is 0.763 e. The van der Waals surface area contributed by atoms with Crippen LogP contribution in [0.4, 0.5) is 5.69 Å². The molecular weight excluding hydrogens is 314 g/mol. The Morgan fingerprint density at radius 1 is 1.12 bits per heavy atom. The van der Waals surface area contributed by atoms with Gasteiger partial charge in [0.2, 0.25) is 0 Å². The molecule has 2 N–H and O–H groups in total. The lowest BCUT2D eigenvalue weighted by atomic mass is 9.79. The van der Waals surface area contributed by atoms with Gasteiger partial charge in [0.15, 0.2) is 0 Å². The summed E-state index contributed by atoms with van der Waals surface area (Å²) in [6, 6.07) is 17.7. The lowest BCUT2D eigenvalue weighted by molar-refractivity contribution is -0.114. The summed E-state index contributed by atoms with van der Waals surface area (Å²) in [4.78, 5) is 14.2. The molecule has 0 spiro atoms. The molecule has 3 rings (SSSR count). The highest BCUT2D eigenvalue weighted by Crippen LogP contribution is 2.39. The summed E-state index contributed by atoms with van der Waals surface area (Å²) < 4.78 is 0. The van der Waals surface area contributed by atoms with Crippen molar-refractivity contribution >= 4 is 23.3 Å². The highest BCUT2D eigenvalue weighted by molar-refractivity contribution is 6.33. The fourth-order valence-corrected chi connectivity index (χ4v) is 3.03. The van der Waals surface area contributed by atoms with E-state index in [0.717, 1.165) is 4.90 Å². The maximum Gasteiger partial charge on any atom is 0.264 e. The zero-order chi connectivity index (χ0) is 18.0. The van der Waals surface area contributed by atoms with Gasteiger partial charge in [-0.3, -0.25) is 21.0 Å². The summed E-state index contributed by atoms with van der Waals surface area (Å²) in [5, 5.41) is 28.3. The molecule has 0 bridgehead atoms. The molecule has 0 aliphatic carbocycles. The average molecular weight is 330 g/mol. The zero-order valence-electron chi connectivity index (χ0n) is 13.6. The van der Waals surface area contributed by atoms with E-state index >= 15 is 0 Å². The van der Waals surface area contributed by atoms with E-state index in [1.54, 1.807) is 54.6 Å². The van der Waals surface area contributed by atoms with Crippen molar-refractivity contribution in [3.05, 3.63) is 88.5 Å². The molecule has 1 heterocycles. The van der Waals surface area contributed by atoms with Gasteiger partial charge >= 0.3 is 0 Å². The van der Waals surface area contributed by atoms with Crippen LogP contribution in [0.1, 0.15) is 18.4 Å². The molecule has 0 radical (unpaired) electrons. The second kappa shape index (κ2) is 6.59. The molecule has 1 atom stereocenters. The Hall–Kier alpha value is -3.43. The van der Waals surface area contributed by atoms with Gasteiger partial charge in [-0.05, 0) is 24.6 Å². The normalized spacial score (nSPS) is 19.6. The molecule has 5 nitrogen and oxygen atoms in total. The Morgan fingerprint density at radius 2 is 1.68 bits per heavy atom. The van der Waals surface area contributed by atoms with E-state index in [9.17, 15) is 15.3 Å². The number of piperidine rings is 1. The Labute approximate surface area is 145 Å². The van der Waals surface area contributed by atoms with Gasteiger partial charge in [-0.15, -0.1) is 0 Å². The molecule has 1 unspecified atom stereocenters. The maximum atomic E-state index is 13.1. The first-order valence-electron chi connectivity index (χ1n) is 7.76. The molecule has 124 valence electrons. The van der Waals surface area contributed by atoms with E-state index in [2.05, 4.69) is 5.87 Å². The van der Waals surface area contributed by atoms with E-state index in [0.29, 0.717) is 11.3 Å². The van der Waals surface area contributed by atoms with Crippen LogP contribution < -0.4 is 4.90 Å². The van der Waals surface area contributed by atoms with Crippen LogP contribution >= 0.6 is 0 Å². The predicted molar refractivity (Wildman–Crippen MR) is 98.0 cm³/mol. The van der Waals surface area contributed by atoms with Crippen LogP contribution in [-0.2, 0) is 4.79 Å². The second-order valence-corrected chi connectivity index (χ2v) is 5.69. The zero-order valence-corrected chi connectivity index (χ0v) is 13.6. The fourth-order valence-electron chi connectivity index (χ4n) is 3.03. The van der Waals surface area contributed by atoms with Crippen molar-refractivity contribution in [1.82, 2.24) is 0 Å². The third-order valence-corrected chi connectivity index (χ3v) is 4.15. The highest BCUT2D eigenvalue weighted by atomic mass is 16.3. The molecule has 2 aromatic rings. The van der Waals surface area contributed by atoms with E-state index in [4.69, 9.17) is 5.41 Å². The Kier molecular flexibility index (Phi) is 4.33. The number of anilines is 1. The van der Waals surface area contributed by atoms with Gasteiger partial charge in [0, 0.05) is 5.57 Å². The molecule has 1 amide bonds. The van der Waals surface area contributed by atoms with Crippen LogP contribution in [0.5, 0.6) is 0 Å². The SMILES string of the molecule is C/C(O)=C1\C(=O)N(c2ccccc2)C(=N)C(=C=[N-])C1c1ccccc1.